The molecule has 1 saturated heterocycles. The molecule has 0 unspecified atom stereocenters. The fraction of sp³-hybridized carbons (Fsp3) is 0.387. The van der Waals surface area contributed by atoms with Crippen molar-refractivity contribution in [1.82, 2.24) is 25.0 Å². The Morgan fingerprint density at radius 3 is 2.40 bits per heavy atom. The molecular formula is C31H32N6O7S4. The van der Waals surface area contributed by atoms with E-state index in [0.717, 1.165) is 5.56 Å². The highest BCUT2D eigenvalue weighted by Crippen LogP contribution is 2.49. The molecule has 0 bridgehead atoms. The van der Waals surface area contributed by atoms with Gasteiger partial charge in [0.05, 0.1) is 35.6 Å². The third-order valence-corrected chi connectivity index (χ3v) is 11.7. The van der Waals surface area contributed by atoms with Gasteiger partial charge in [0.1, 0.15) is 43.7 Å². The summed E-state index contributed by atoms with van der Waals surface area (Å²) in [6.07, 6.45) is -0.137. The fourth-order valence-electron chi connectivity index (χ4n) is 5.37. The minimum Gasteiger partial charge on any atom is -0.461 e. The number of aliphatic imine (C=N–C) groups is 1. The largest absolute Gasteiger partial charge is 0.461 e. The summed E-state index contributed by atoms with van der Waals surface area (Å²) in [7, 11) is -1.73. The zero-order chi connectivity index (χ0) is 34.0. The van der Waals surface area contributed by atoms with E-state index >= 15 is 0 Å². The average molecular weight is 729 g/mol. The van der Waals surface area contributed by atoms with Crippen molar-refractivity contribution in [2.45, 2.75) is 69.2 Å². The number of carbonyl (C=O) groups is 3. The first kappa shape index (κ1) is 34.0. The van der Waals surface area contributed by atoms with Crippen LogP contribution in [0.4, 0.5) is 4.79 Å². The monoisotopic (exact) mass is 728 g/mol. The van der Waals surface area contributed by atoms with Crippen LogP contribution in [0.15, 0.2) is 50.3 Å². The Hall–Kier alpha value is -3.90. The molecule has 5 heterocycles. The Morgan fingerprint density at radius 1 is 1.04 bits per heavy atom. The highest BCUT2D eigenvalue weighted by Gasteiger charge is 2.50. The van der Waals surface area contributed by atoms with Crippen LogP contribution in [0, 0.1) is 6.92 Å². The molecule has 252 valence electrons. The van der Waals surface area contributed by atoms with E-state index < -0.39 is 52.7 Å². The summed E-state index contributed by atoms with van der Waals surface area (Å²) in [4.78, 5) is 57.1. The topological polar surface area (TPSA) is 171 Å². The summed E-state index contributed by atoms with van der Waals surface area (Å²) in [5, 5.41) is 9.54. The number of cyclic esters (lactones) is 1. The molecule has 0 spiro atoms. The van der Waals surface area contributed by atoms with Gasteiger partial charge in [-0.15, -0.1) is 34.0 Å². The molecule has 13 nitrogen and oxygen atoms in total. The highest BCUT2D eigenvalue weighted by atomic mass is 32.2. The first-order valence-corrected chi connectivity index (χ1v) is 18.9. The van der Waals surface area contributed by atoms with Crippen molar-refractivity contribution in [2.75, 3.05) is 13.2 Å². The minimum absolute atomic E-state index is 0.135. The lowest BCUT2D eigenvalue weighted by molar-refractivity contribution is 0.0510. The Bertz CT molecular complexity index is 1890. The van der Waals surface area contributed by atoms with Gasteiger partial charge in [-0.1, -0.05) is 17.7 Å². The Balaban J connectivity index is 1.47. The van der Waals surface area contributed by atoms with Crippen molar-refractivity contribution in [3.8, 4) is 0 Å². The third-order valence-electron chi connectivity index (χ3n) is 7.75. The molecule has 0 radical (unpaired) electrons. The van der Waals surface area contributed by atoms with Crippen LogP contribution in [-0.4, -0.2) is 62.2 Å². The number of aromatic nitrogens is 3. The van der Waals surface area contributed by atoms with Gasteiger partial charge in [-0.3, -0.25) is 4.99 Å². The van der Waals surface area contributed by atoms with Crippen LogP contribution in [0.3, 0.4) is 0 Å². The molecule has 3 aromatic heterocycles. The Kier molecular flexibility index (Phi) is 10.1. The van der Waals surface area contributed by atoms with E-state index in [1.54, 1.807) is 43.7 Å². The SMILES string of the molecule is CCOC(=O)c1csc(C2=N[C@@](c3nc(C(=O)OCC)cs3)([C@H](N[S@](=O)c3ccc(C)cc3)c3csc([C@H]4NC(=O)O[C@@H]4C)n3)CC2)n1. The smallest absolute Gasteiger partial charge is 0.408 e. The standard InChI is InChI=1S/C31H32N6O7S4/c1-5-42-27(38)21-14-45-25(33-21)19-11-12-31(36-19,29-34-22(15-47-29)28(39)43-6-2)24(37-48(41)18-9-7-16(3)8-10-18)20-13-46-26(32-20)23-17(4)44-30(40)35-23/h7-10,13-15,17,23-24,37H,5-6,11-12H2,1-4H3,(H,35,40)/t17-,23+,24-,31-,48-/m1/s1. The quantitative estimate of drug-likeness (QED) is 0.142. The van der Waals surface area contributed by atoms with Crippen molar-refractivity contribution in [2.24, 2.45) is 4.99 Å². The Labute approximate surface area is 290 Å². The van der Waals surface area contributed by atoms with Crippen LogP contribution in [0.2, 0.25) is 0 Å². The van der Waals surface area contributed by atoms with Gasteiger partial charge in [-0.05, 0) is 52.7 Å². The fourth-order valence-corrected chi connectivity index (χ4v) is 9.21. The van der Waals surface area contributed by atoms with Crippen molar-refractivity contribution in [3.05, 3.63) is 78.1 Å². The van der Waals surface area contributed by atoms with Crippen molar-refractivity contribution < 1.29 is 32.8 Å². The maximum Gasteiger partial charge on any atom is 0.408 e. The second kappa shape index (κ2) is 14.3. The lowest BCUT2D eigenvalue weighted by atomic mass is 9.87. The van der Waals surface area contributed by atoms with Crippen LogP contribution >= 0.6 is 34.0 Å². The number of amides is 1. The molecule has 0 aliphatic carbocycles. The average Bonchev–Trinajstić information content (AvgIpc) is 3.90. The van der Waals surface area contributed by atoms with Crippen molar-refractivity contribution in [1.29, 1.82) is 0 Å². The van der Waals surface area contributed by atoms with Gasteiger partial charge in [-0.2, -0.15) is 0 Å². The number of nitrogens with one attached hydrogen (secondary N) is 2. The van der Waals surface area contributed by atoms with Gasteiger partial charge in [0.2, 0.25) is 0 Å². The molecule has 1 aromatic carbocycles. The normalized spacial score (nSPS) is 21.7. The van der Waals surface area contributed by atoms with Gasteiger partial charge >= 0.3 is 18.0 Å². The summed E-state index contributed by atoms with van der Waals surface area (Å²) < 4.78 is 33.0. The third kappa shape index (κ3) is 6.82. The number of hydrogen-bond acceptors (Lipinski definition) is 14. The van der Waals surface area contributed by atoms with E-state index in [1.807, 2.05) is 24.4 Å². The molecule has 1 fully saturated rings. The lowest BCUT2D eigenvalue weighted by Gasteiger charge is -2.32. The number of alkyl carbamates (subject to hydrolysis) is 1. The zero-order valence-corrected chi connectivity index (χ0v) is 29.6. The predicted octanol–water partition coefficient (Wildman–Crippen LogP) is 5.42. The molecule has 2 N–H and O–H groups in total. The number of thiazole rings is 3. The van der Waals surface area contributed by atoms with Crippen LogP contribution in [-0.2, 0) is 30.7 Å². The molecule has 2 aliphatic rings. The summed E-state index contributed by atoms with van der Waals surface area (Å²) in [5.41, 5.74) is 1.28. The lowest BCUT2D eigenvalue weighted by Crippen LogP contribution is -2.40. The van der Waals surface area contributed by atoms with E-state index in [2.05, 4.69) is 15.0 Å². The van der Waals surface area contributed by atoms with E-state index in [1.165, 1.54) is 34.0 Å². The predicted molar refractivity (Wildman–Crippen MR) is 181 cm³/mol. The first-order chi connectivity index (χ1) is 23.1. The summed E-state index contributed by atoms with van der Waals surface area (Å²) in [5.74, 6) is -1.09. The van der Waals surface area contributed by atoms with Crippen molar-refractivity contribution >= 4 is 68.7 Å². The second-order valence-electron chi connectivity index (χ2n) is 11.0. The maximum atomic E-state index is 14.0. The maximum absolute atomic E-state index is 14.0. The molecule has 6 rings (SSSR count). The second-order valence-corrected chi connectivity index (χ2v) is 14.8. The number of aryl methyl sites for hydroxylation is 1. The summed E-state index contributed by atoms with van der Waals surface area (Å²) in [6, 6.07) is 6.06. The molecule has 0 saturated carbocycles. The van der Waals surface area contributed by atoms with Crippen LogP contribution in [0.1, 0.15) is 93.0 Å². The van der Waals surface area contributed by atoms with E-state index in [-0.39, 0.29) is 24.6 Å². The first-order valence-electron chi connectivity index (χ1n) is 15.1. The van der Waals surface area contributed by atoms with E-state index in [0.29, 0.717) is 44.2 Å². The van der Waals surface area contributed by atoms with E-state index in [9.17, 15) is 18.6 Å². The minimum atomic E-state index is -1.73. The number of ether oxygens (including phenoxy) is 3. The van der Waals surface area contributed by atoms with Gasteiger partial charge in [0.15, 0.2) is 11.4 Å². The van der Waals surface area contributed by atoms with Gasteiger partial charge < -0.3 is 19.5 Å². The molecule has 1 amide bonds. The number of esters is 2. The van der Waals surface area contributed by atoms with Gasteiger partial charge in [-0.25, -0.2) is 38.3 Å². The van der Waals surface area contributed by atoms with Gasteiger partial charge in [0.25, 0.3) is 0 Å². The molecule has 5 atom stereocenters. The number of rotatable bonds is 12. The molecule has 4 aromatic rings. The number of nitrogens with zero attached hydrogens (tertiary/aromatic N) is 4. The van der Waals surface area contributed by atoms with Crippen LogP contribution in [0.25, 0.3) is 0 Å². The highest BCUT2D eigenvalue weighted by molar-refractivity contribution is 7.83. The molecule has 48 heavy (non-hydrogen) atoms. The zero-order valence-electron chi connectivity index (χ0n) is 26.4. The number of carbonyl (C=O) groups excluding carboxylic acids is 3. The summed E-state index contributed by atoms with van der Waals surface area (Å²) >= 11 is 3.85. The van der Waals surface area contributed by atoms with Crippen LogP contribution < -0.4 is 10.0 Å². The Morgan fingerprint density at radius 2 is 1.73 bits per heavy atom. The number of hydrogen-bond donors (Lipinski definition) is 2. The molecule has 2 aliphatic heterocycles. The molecular weight excluding hydrogens is 697 g/mol. The molecule has 17 heteroatoms. The number of benzene rings is 1. The van der Waals surface area contributed by atoms with E-state index in [4.69, 9.17) is 29.2 Å². The van der Waals surface area contributed by atoms with Crippen LogP contribution in [0.5, 0.6) is 0 Å². The van der Waals surface area contributed by atoms with Gasteiger partial charge in [0, 0.05) is 16.1 Å². The van der Waals surface area contributed by atoms with Crippen molar-refractivity contribution in [3.63, 3.8) is 0 Å². The summed E-state index contributed by atoms with van der Waals surface area (Å²) in [6.45, 7) is 7.59.